The number of hydrogen-bond donors (Lipinski definition) is 0. The highest BCUT2D eigenvalue weighted by Gasteiger charge is 2.38. The second-order valence-corrected chi connectivity index (χ2v) is 9.56. The number of hydrogen-bond acceptors (Lipinski definition) is 5. The van der Waals surface area contributed by atoms with Crippen molar-refractivity contribution in [1.82, 2.24) is 4.90 Å². The molecule has 0 unspecified atom stereocenters. The Balaban J connectivity index is 1.38. The third-order valence-corrected chi connectivity index (χ3v) is 7.37. The van der Waals surface area contributed by atoms with Crippen LogP contribution in [0.4, 0.5) is 5.69 Å². The first kappa shape index (κ1) is 22.4. The van der Waals surface area contributed by atoms with Gasteiger partial charge in [-0.15, -0.1) is 0 Å². The summed E-state index contributed by atoms with van der Waals surface area (Å²) in [5.41, 5.74) is 3.59. The lowest BCUT2D eigenvalue weighted by atomic mass is 9.86. The van der Waals surface area contributed by atoms with Crippen molar-refractivity contribution in [3.8, 4) is 11.8 Å². The number of amides is 1. The van der Waals surface area contributed by atoms with Gasteiger partial charge in [0.1, 0.15) is 12.4 Å². The fourth-order valence-electron chi connectivity index (χ4n) is 4.25. The van der Waals surface area contributed by atoms with E-state index in [1.807, 2.05) is 78.9 Å². The van der Waals surface area contributed by atoms with Crippen molar-refractivity contribution in [3.63, 3.8) is 0 Å². The van der Waals surface area contributed by atoms with Crippen molar-refractivity contribution in [3.05, 3.63) is 106 Å². The first-order chi connectivity index (χ1) is 16.6. The number of nitriles is 1. The molecule has 3 aromatic rings. The average Bonchev–Trinajstić information content (AvgIpc) is 2.88. The van der Waals surface area contributed by atoms with Crippen LogP contribution in [0.1, 0.15) is 23.5 Å². The molecule has 0 bridgehead atoms. The normalized spacial score (nSPS) is 17.9. The monoisotopic (exact) mass is 487 g/mol. The van der Waals surface area contributed by atoms with E-state index < -0.39 is 0 Å². The van der Waals surface area contributed by atoms with Gasteiger partial charge in [-0.25, -0.2) is 0 Å². The Morgan fingerprint density at radius 3 is 2.68 bits per heavy atom. The van der Waals surface area contributed by atoms with Gasteiger partial charge >= 0.3 is 0 Å². The number of carbonyl (C=O) groups is 1. The van der Waals surface area contributed by atoms with E-state index in [-0.39, 0.29) is 18.2 Å². The highest BCUT2D eigenvalue weighted by molar-refractivity contribution is 8.03. The van der Waals surface area contributed by atoms with Crippen LogP contribution in [0.3, 0.4) is 0 Å². The van der Waals surface area contributed by atoms with Gasteiger partial charge in [0.05, 0.1) is 29.2 Å². The van der Waals surface area contributed by atoms with Gasteiger partial charge in [-0.2, -0.15) is 5.26 Å². The van der Waals surface area contributed by atoms with Crippen molar-refractivity contribution in [2.45, 2.75) is 18.9 Å². The number of fused-ring (bicyclic) bond motifs is 1. The van der Waals surface area contributed by atoms with Gasteiger partial charge in [-0.05, 0) is 41.5 Å². The van der Waals surface area contributed by atoms with Crippen LogP contribution >= 0.6 is 23.4 Å². The summed E-state index contributed by atoms with van der Waals surface area (Å²) in [4.78, 5) is 17.0. The molecule has 0 aliphatic carbocycles. The molecule has 1 atom stereocenters. The van der Waals surface area contributed by atoms with Crippen molar-refractivity contribution in [1.29, 1.82) is 5.26 Å². The number of carbonyl (C=O) groups excluding carboxylic acids is 1. The van der Waals surface area contributed by atoms with Crippen molar-refractivity contribution in [2.75, 3.05) is 17.4 Å². The maximum absolute atomic E-state index is 13.2. The topological polar surface area (TPSA) is 56.6 Å². The van der Waals surface area contributed by atoms with E-state index in [0.717, 1.165) is 27.6 Å². The van der Waals surface area contributed by atoms with Crippen LogP contribution in [-0.2, 0) is 11.4 Å². The zero-order valence-corrected chi connectivity index (χ0v) is 19.9. The molecule has 0 N–H and O–H groups in total. The summed E-state index contributed by atoms with van der Waals surface area (Å²) in [5, 5.41) is 11.5. The largest absolute Gasteiger partial charge is 0.489 e. The second kappa shape index (κ2) is 9.84. The van der Waals surface area contributed by atoms with E-state index >= 15 is 0 Å². The molecular weight excluding hydrogens is 466 g/mol. The van der Waals surface area contributed by atoms with E-state index in [1.54, 1.807) is 4.90 Å². The summed E-state index contributed by atoms with van der Waals surface area (Å²) >= 11 is 7.67. The number of benzene rings is 3. The molecule has 7 heteroatoms. The summed E-state index contributed by atoms with van der Waals surface area (Å²) in [6.07, 6.45) is 0.248. The molecule has 2 heterocycles. The number of allylic oxidation sites excluding steroid dienone is 1. The molecule has 170 valence electrons. The molecule has 0 radical (unpaired) electrons. The summed E-state index contributed by atoms with van der Waals surface area (Å²) in [7, 11) is 0. The van der Waals surface area contributed by atoms with Crippen LogP contribution in [0.2, 0.25) is 5.02 Å². The summed E-state index contributed by atoms with van der Waals surface area (Å²) in [6, 6.07) is 27.7. The van der Waals surface area contributed by atoms with E-state index in [1.165, 1.54) is 11.8 Å². The van der Waals surface area contributed by atoms with Crippen LogP contribution in [-0.4, -0.2) is 23.4 Å². The predicted molar refractivity (Wildman–Crippen MR) is 135 cm³/mol. The Morgan fingerprint density at radius 1 is 1.06 bits per heavy atom. The quantitative estimate of drug-likeness (QED) is 0.432. The summed E-state index contributed by atoms with van der Waals surface area (Å²) < 4.78 is 5.98. The van der Waals surface area contributed by atoms with Crippen molar-refractivity contribution >= 4 is 35.0 Å². The Hall–Kier alpha value is -3.40. The van der Waals surface area contributed by atoms with E-state index in [0.29, 0.717) is 29.7 Å². The number of rotatable bonds is 5. The molecule has 1 saturated heterocycles. The van der Waals surface area contributed by atoms with Gasteiger partial charge in [0.25, 0.3) is 0 Å². The minimum Gasteiger partial charge on any atom is -0.489 e. The van der Waals surface area contributed by atoms with Gasteiger partial charge in [-0.1, -0.05) is 71.9 Å². The second-order valence-electron chi connectivity index (χ2n) is 8.19. The Labute approximate surface area is 208 Å². The minimum absolute atomic E-state index is 0.00818. The number of thioether (sulfide) groups is 1. The van der Waals surface area contributed by atoms with Crippen LogP contribution in [0.5, 0.6) is 5.75 Å². The molecule has 34 heavy (non-hydrogen) atoms. The fraction of sp³-hybridized carbons (Fsp3) is 0.185. The smallest absolute Gasteiger partial charge is 0.229 e. The molecule has 0 spiro atoms. The average molecular weight is 488 g/mol. The maximum atomic E-state index is 13.2. The van der Waals surface area contributed by atoms with E-state index in [2.05, 4.69) is 11.0 Å². The lowest BCUT2D eigenvalue weighted by Crippen LogP contribution is -2.47. The number of anilines is 1. The number of ether oxygens (including phenoxy) is 1. The molecule has 1 amide bonds. The summed E-state index contributed by atoms with van der Waals surface area (Å²) in [6.45, 7) is 0.864. The number of nitrogens with zero attached hydrogens (tertiary/aromatic N) is 3. The Bertz CT molecular complexity index is 1290. The number of halogens is 1. The molecule has 3 aromatic carbocycles. The maximum Gasteiger partial charge on any atom is 0.229 e. The molecule has 2 aliphatic heterocycles. The lowest BCUT2D eigenvalue weighted by molar-refractivity contribution is -0.129. The lowest BCUT2D eigenvalue weighted by Gasteiger charge is -2.42. The molecule has 5 nitrogen and oxygen atoms in total. The van der Waals surface area contributed by atoms with Crippen LogP contribution in [0, 0.1) is 11.3 Å². The molecular formula is C27H22ClN3O2S. The van der Waals surface area contributed by atoms with Gasteiger partial charge in [0.15, 0.2) is 0 Å². The van der Waals surface area contributed by atoms with Crippen LogP contribution in [0.15, 0.2) is 89.5 Å². The minimum atomic E-state index is -0.283. The van der Waals surface area contributed by atoms with Gasteiger partial charge in [-0.3, -0.25) is 9.69 Å². The van der Waals surface area contributed by atoms with Crippen molar-refractivity contribution < 1.29 is 9.53 Å². The Kier molecular flexibility index (Phi) is 6.48. The van der Waals surface area contributed by atoms with Gasteiger partial charge in [0, 0.05) is 23.0 Å². The van der Waals surface area contributed by atoms with E-state index in [4.69, 9.17) is 16.3 Å². The molecule has 5 rings (SSSR count). The van der Waals surface area contributed by atoms with Crippen molar-refractivity contribution in [2.24, 2.45) is 0 Å². The SMILES string of the molecule is N#CC1=C2SCN(c3cccc(Cl)c3)CN2C(=O)C[C@@H]1c1cccc(OCc2ccccc2)c1. The Morgan fingerprint density at radius 2 is 1.88 bits per heavy atom. The van der Waals surface area contributed by atoms with Gasteiger partial charge in [0.2, 0.25) is 5.91 Å². The molecule has 1 fully saturated rings. The van der Waals surface area contributed by atoms with Crippen LogP contribution in [0.25, 0.3) is 0 Å². The molecule has 0 saturated carbocycles. The zero-order chi connectivity index (χ0) is 23.5. The molecule has 0 aromatic heterocycles. The summed E-state index contributed by atoms with van der Waals surface area (Å²) in [5.74, 6) is 1.09. The molecule has 2 aliphatic rings. The zero-order valence-electron chi connectivity index (χ0n) is 18.4. The first-order valence-electron chi connectivity index (χ1n) is 11.0. The third kappa shape index (κ3) is 4.63. The predicted octanol–water partition coefficient (Wildman–Crippen LogP) is 6.14. The highest BCUT2D eigenvalue weighted by atomic mass is 35.5. The highest BCUT2D eigenvalue weighted by Crippen LogP contribution is 2.43. The third-order valence-electron chi connectivity index (χ3n) is 5.98. The van der Waals surface area contributed by atoms with Crippen LogP contribution < -0.4 is 9.64 Å². The van der Waals surface area contributed by atoms with E-state index in [9.17, 15) is 10.1 Å². The first-order valence-corrected chi connectivity index (χ1v) is 12.3. The fourth-order valence-corrected chi connectivity index (χ4v) is 5.60. The van der Waals surface area contributed by atoms with Gasteiger partial charge < -0.3 is 9.64 Å². The standard InChI is InChI=1S/C27H22ClN3O2S/c28-21-9-5-10-22(13-21)30-17-31-26(32)14-24(25(15-29)27(31)34-18-30)20-8-4-11-23(12-20)33-16-19-6-2-1-3-7-19/h1-13,24H,14,16-18H2/t24-/m1/s1.